The summed E-state index contributed by atoms with van der Waals surface area (Å²) in [4.78, 5) is 22.8. The predicted octanol–water partition coefficient (Wildman–Crippen LogP) is 2.64. The van der Waals surface area contributed by atoms with Gasteiger partial charge in [-0.3, -0.25) is 9.59 Å². The van der Waals surface area contributed by atoms with Crippen LogP contribution >= 0.6 is 11.6 Å². The van der Waals surface area contributed by atoms with Crippen LogP contribution in [0.5, 0.6) is 5.75 Å². The Morgan fingerprint density at radius 1 is 1.10 bits per heavy atom. The van der Waals surface area contributed by atoms with Gasteiger partial charge < -0.3 is 15.8 Å². The molecule has 0 aromatic heterocycles. The maximum absolute atomic E-state index is 12.1. The summed E-state index contributed by atoms with van der Waals surface area (Å²) in [5.74, 6) is -1.85. The maximum Gasteiger partial charge on any atom is 0.573 e. The Hall–Kier alpha value is -2.83. The Morgan fingerprint density at radius 2 is 1.73 bits per heavy atom. The molecule has 0 aliphatic carbocycles. The van der Waals surface area contributed by atoms with E-state index in [9.17, 15) is 31.2 Å². The Kier molecular flexibility index (Phi) is 7.29. The van der Waals surface area contributed by atoms with E-state index in [0.29, 0.717) is 0 Å². The van der Waals surface area contributed by atoms with Crippen LogP contribution in [-0.2, 0) is 14.8 Å². The molecule has 0 aliphatic heterocycles. The van der Waals surface area contributed by atoms with Crippen LogP contribution in [0, 0.1) is 0 Å². The van der Waals surface area contributed by atoms with Gasteiger partial charge in [0.2, 0.25) is 21.8 Å². The van der Waals surface area contributed by atoms with E-state index in [1.165, 1.54) is 18.2 Å². The zero-order chi connectivity index (χ0) is 22.5. The van der Waals surface area contributed by atoms with Crippen LogP contribution in [0.2, 0.25) is 5.02 Å². The molecule has 0 heterocycles. The molecule has 8 nitrogen and oxygen atoms in total. The van der Waals surface area contributed by atoms with E-state index in [0.717, 1.165) is 24.3 Å². The van der Waals surface area contributed by atoms with Gasteiger partial charge in [-0.15, -0.1) is 13.2 Å². The van der Waals surface area contributed by atoms with Crippen molar-refractivity contribution in [3.63, 3.8) is 0 Å². The topological polar surface area (TPSA) is 128 Å². The van der Waals surface area contributed by atoms with Gasteiger partial charge in [0, 0.05) is 18.7 Å². The van der Waals surface area contributed by atoms with Gasteiger partial charge in [-0.25, -0.2) is 13.1 Å². The van der Waals surface area contributed by atoms with Crippen LogP contribution in [0.3, 0.4) is 0 Å². The largest absolute Gasteiger partial charge is 0.573 e. The molecule has 0 aliphatic rings. The van der Waals surface area contributed by atoms with Gasteiger partial charge in [0.05, 0.1) is 15.5 Å². The summed E-state index contributed by atoms with van der Waals surface area (Å²) in [5.41, 5.74) is 5.48. The lowest BCUT2D eigenvalue weighted by atomic mass is 10.2. The lowest BCUT2D eigenvalue weighted by Gasteiger charge is -2.10. The third kappa shape index (κ3) is 6.90. The first-order valence-electron chi connectivity index (χ1n) is 8.12. The highest BCUT2D eigenvalue weighted by Crippen LogP contribution is 2.24. The number of nitrogens with one attached hydrogen (secondary N) is 2. The summed E-state index contributed by atoms with van der Waals surface area (Å²) < 4.78 is 66.5. The fraction of sp³-hybridized carbons (Fsp3) is 0.176. The molecule has 2 aromatic carbocycles. The molecular formula is C17H15ClF3N3O5S. The highest BCUT2D eigenvalue weighted by atomic mass is 35.5. The predicted molar refractivity (Wildman–Crippen MR) is 102 cm³/mol. The highest BCUT2D eigenvalue weighted by molar-refractivity contribution is 7.89. The Bertz CT molecular complexity index is 1040. The van der Waals surface area contributed by atoms with Crippen molar-refractivity contribution in [2.45, 2.75) is 17.7 Å². The van der Waals surface area contributed by atoms with Crippen LogP contribution in [0.25, 0.3) is 0 Å². The minimum atomic E-state index is -4.89. The van der Waals surface area contributed by atoms with Gasteiger partial charge >= 0.3 is 6.36 Å². The first kappa shape index (κ1) is 23.4. The highest BCUT2D eigenvalue weighted by Gasteiger charge is 2.31. The molecule has 2 aromatic rings. The summed E-state index contributed by atoms with van der Waals surface area (Å²) in [6, 6.07) is 7.63. The summed E-state index contributed by atoms with van der Waals surface area (Å²) in [5, 5.41) is 2.51. The summed E-state index contributed by atoms with van der Waals surface area (Å²) in [6.07, 6.45) is -5.14. The number of rotatable bonds is 8. The van der Waals surface area contributed by atoms with Crippen molar-refractivity contribution in [3.8, 4) is 5.75 Å². The Balaban J connectivity index is 1.90. The number of carbonyl (C=O) groups is 2. The van der Waals surface area contributed by atoms with Crippen LogP contribution in [0.15, 0.2) is 47.4 Å². The number of nitrogens with two attached hydrogens (primary N) is 1. The minimum Gasteiger partial charge on any atom is -0.406 e. The van der Waals surface area contributed by atoms with Crippen LogP contribution in [-0.4, -0.2) is 33.1 Å². The first-order chi connectivity index (χ1) is 13.9. The third-order valence-corrected chi connectivity index (χ3v) is 5.32. The molecule has 0 bridgehead atoms. The van der Waals surface area contributed by atoms with Gasteiger partial charge in [0.25, 0.3) is 0 Å². The molecule has 30 heavy (non-hydrogen) atoms. The van der Waals surface area contributed by atoms with E-state index in [1.807, 2.05) is 0 Å². The SMILES string of the molecule is NC(=O)c1ccc(NC(=O)CCNS(=O)(=O)c2ccc(OC(F)(F)F)cc2)cc1Cl. The second-order valence-corrected chi connectivity index (χ2v) is 7.95. The molecule has 0 saturated heterocycles. The number of hydrogen-bond donors (Lipinski definition) is 3. The maximum atomic E-state index is 12.1. The third-order valence-electron chi connectivity index (χ3n) is 3.53. The number of alkyl halides is 3. The molecule has 0 radical (unpaired) electrons. The molecule has 2 rings (SSSR count). The zero-order valence-corrected chi connectivity index (χ0v) is 16.6. The van der Waals surface area contributed by atoms with E-state index in [1.54, 1.807) is 0 Å². The zero-order valence-electron chi connectivity index (χ0n) is 15.0. The number of primary amides is 1. The van der Waals surface area contributed by atoms with Gasteiger partial charge in [-0.2, -0.15) is 0 Å². The van der Waals surface area contributed by atoms with E-state index >= 15 is 0 Å². The number of benzene rings is 2. The number of sulfonamides is 1. The Labute approximate surface area is 174 Å². The molecule has 162 valence electrons. The molecule has 13 heteroatoms. The molecule has 0 unspecified atom stereocenters. The van der Waals surface area contributed by atoms with Crippen molar-refractivity contribution in [1.82, 2.24) is 4.72 Å². The standard InChI is InChI=1S/C17H15ClF3N3O5S/c18-14-9-10(1-6-13(14)16(22)26)24-15(25)7-8-23-30(27,28)12-4-2-11(3-5-12)29-17(19,20)21/h1-6,9,23H,7-8H2,(H2,22,26)(H,24,25). The molecule has 0 saturated carbocycles. The molecule has 4 N–H and O–H groups in total. The van der Waals surface area contributed by atoms with Gasteiger partial charge in [-0.1, -0.05) is 11.6 Å². The van der Waals surface area contributed by atoms with Crippen molar-refractivity contribution >= 4 is 39.1 Å². The number of amides is 2. The fourth-order valence-corrected chi connectivity index (χ4v) is 3.52. The quantitative estimate of drug-likeness (QED) is 0.552. The summed E-state index contributed by atoms with van der Waals surface area (Å²) in [7, 11) is -4.05. The smallest absolute Gasteiger partial charge is 0.406 e. The van der Waals surface area contributed by atoms with Crippen molar-refractivity contribution in [2.75, 3.05) is 11.9 Å². The molecular weight excluding hydrogens is 451 g/mol. The van der Waals surface area contributed by atoms with E-state index in [2.05, 4.69) is 14.8 Å². The second-order valence-electron chi connectivity index (χ2n) is 5.77. The normalized spacial score (nSPS) is 11.7. The van der Waals surface area contributed by atoms with Crippen molar-refractivity contribution in [3.05, 3.63) is 53.1 Å². The van der Waals surface area contributed by atoms with E-state index in [4.69, 9.17) is 17.3 Å². The van der Waals surface area contributed by atoms with Crippen molar-refractivity contribution in [1.29, 1.82) is 0 Å². The van der Waals surface area contributed by atoms with E-state index in [-0.39, 0.29) is 34.1 Å². The lowest BCUT2D eigenvalue weighted by Crippen LogP contribution is -2.28. The number of carbonyl (C=O) groups excluding carboxylic acids is 2. The van der Waals surface area contributed by atoms with Crippen LogP contribution in [0.4, 0.5) is 18.9 Å². The average Bonchev–Trinajstić information content (AvgIpc) is 2.60. The van der Waals surface area contributed by atoms with Crippen molar-refractivity contribution in [2.24, 2.45) is 5.73 Å². The number of halogens is 4. The molecule has 2 amide bonds. The monoisotopic (exact) mass is 465 g/mol. The van der Waals surface area contributed by atoms with Crippen LogP contribution in [0.1, 0.15) is 16.8 Å². The fourth-order valence-electron chi connectivity index (χ4n) is 2.22. The molecule has 0 atom stereocenters. The minimum absolute atomic E-state index is 0.0407. The van der Waals surface area contributed by atoms with Crippen molar-refractivity contribution < 1.29 is 35.9 Å². The van der Waals surface area contributed by atoms with Crippen LogP contribution < -0.4 is 20.5 Å². The van der Waals surface area contributed by atoms with Gasteiger partial charge in [0.1, 0.15) is 5.75 Å². The molecule has 0 fully saturated rings. The van der Waals surface area contributed by atoms with Gasteiger partial charge in [-0.05, 0) is 42.5 Å². The molecule has 0 spiro atoms. The number of ether oxygens (including phenoxy) is 1. The first-order valence-corrected chi connectivity index (χ1v) is 9.98. The second kappa shape index (κ2) is 9.32. The van der Waals surface area contributed by atoms with E-state index < -0.39 is 33.9 Å². The lowest BCUT2D eigenvalue weighted by molar-refractivity contribution is -0.274. The Morgan fingerprint density at radius 3 is 2.27 bits per heavy atom. The summed E-state index contributed by atoms with van der Waals surface area (Å²) in [6.45, 7) is -0.276. The average molecular weight is 466 g/mol. The summed E-state index contributed by atoms with van der Waals surface area (Å²) >= 11 is 5.87. The van der Waals surface area contributed by atoms with Gasteiger partial charge in [0.15, 0.2) is 0 Å². The number of anilines is 1. The number of hydrogen-bond acceptors (Lipinski definition) is 5.